The molecule has 0 spiro atoms. The van der Waals surface area contributed by atoms with Gasteiger partial charge in [0.15, 0.2) is 5.78 Å². The first-order valence-corrected chi connectivity index (χ1v) is 6.66. The molecule has 1 aromatic carbocycles. The number of benzene rings is 1. The van der Waals surface area contributed by atoms with Crippen molar-refractivity contribution < 1.29 is 9.90 Å². The van der Waals surface area contributed by atoms with Crippen LogP contribution in [0, 0.1) is 6.92 Å². The van der Waals surface area contributed by atoms with Crippen LogP contribution in [0.5, 0.6) is 5.75 Å². The molecule has 3 nitrogen and oxygen atoms in total. The molecule has 0 saturated heterocycles. The van der Waals surface area contributed by atoms with Crippen LogP contribution in [0.3, 0.4) is 0 Å². The Bertz CT molecular complexity index is 488. The van der Waals surface area contributed by atoms with Crippen LogP contribution in [-0.2, 0) is 6.54 Å². The van der Waals surface area contributed by atoms with E-state index in [0.29, 0.717) is 17.7 Å². The van der Waals surface area contributed by atoms with Crippen molar-refractivity contribution >= 4 is 5.78 Å². The third kappa shape index (κ3) is 3.44. The van der Waals surface area contributed by atoms with Gasteiger partial charge in [-0.05, 0) is 49.7 Å². The molecule has 1 N–H and O–H groups in total. The molecule has 104 valence electrons. The summed E-state index contributed by atoms with van der Waals surface area (Å²) in [4.78, 5) is 14.4. The highest BCUT2D eigenvalue weighted by Crippen LogP contribution is 2.27. The molecule has 0 radical (unpaired) electrons. The first kappa shape index (κ1) is 15.4. The van der Waals surface area contributed by atoms with Gasteiger partial charge in [0.1, 0.15) is 5.75 Å². The predicted molar refractivity (Wildman–Crippen MR) is 78.6 cm³/mol. The average molecular weight is 261 g/mol. The van der Waals surface area contributed by atoms with Crippen LogP contribution in [0.4, 0.5) is 0 Å². The maximum atomic E-state index is 12.2. The topological polar surface area (TPSA) is 40.5 Å². The Kier molecular flexibility index (Phi) is 5.31. The molecule has 0 amide bonds. The van der Waals surface area contributed by atoms with Gasteiger partial charge in [-0.25, -0.2) is 0 Å². The van der Waals surface area contributed by atoms with E-state index in [4.69, 9.17) is 0 Å². The SMILES string of the molecule is C=C(C)C(=O)c1c(O)ccc(C)c1CN(CC)CC. The fourth-order valence-corrected chi connectivity index (χ4v) is 2.08. The van der Waals surface area contributed by atoms with E-state index in [1.54, 1.807) is 13.0 Å². The lowest BCUT2D eigenvalue weighted by Gasteiger charge is -2.22. The zero-order valence-corrected chi connectivity index (χ0v) is 12.3. The van der Waals surface area contributed by atoms with E-state index in [0.717, 1.165) is 24.2 Å². The van der Waals surface area contributed by atoms with Crippen LogP contribution in [0.25, 0.3) is 0 Å². The number of carbonyl (C=O) groups is 1. The van der Waals surface area contributed by atoms with Crippen LogP contribution in [-0.4, -0.2) is 28.9 Å². The molecule has 1 rings (SSSR count). The van der Waals surface area contributed by atoms with Crippen LogP contribution in [0.1, 0.15) is 42.3 Å². The van der Waals surface area contributed by atoms with Crippen LogP contribution in [0.15, 0.2) is 24.3 Å². The van der Waals surface area contributed by atoms with E-state index in [2.05, 4.69) is 25.3 Å². The molecular formula is C16H23NO2. The summed E-state index contributed by atoms with van der Waals surface area (Å²) in [7, 11) is 0. The summed E-state index contributed by atoms with van der Waals surface area (Å²) in [5.74, 6) is -0.135. The number of nitrogens with zero attached hydrogens (tertiary/aromatic N) is 1. The highest BCUT2D eigenvalue weighted by Gasteiger charge is 2.19. The van der Waals surface area contributed by atoms with Gasteiger partial charge in [-0.15, -0.1) is 0 Å². The fraction of sp³-hybridized carbons (Fsp3) is 0.438. The number of carbonyl (C=O) groups excluding carboxylic acids is 1. The van der Waals surface area contributed by atoms with E-state index < -0.39 is 0 Å². The lowest BCUT2D eigenvalue weighted by atomic mass is 9.94. The first-order valence-electron chi connectivity index (χ1n) is 6.66. The van der Waals surface area contributed by atoms with Crippen molar-refractivity contribution in [3.8, 4) is 5.75 Å². The minimum Gasteiger partial charge on any atom is -0.507 e. The Morgan fingerprint density at radius 3 is 2.37 bits per heavy atom. The lowest BCUT2D eigenvalue weighted by Crippen LogP contribution is -2.24. The Morgan fingerprint density at radius 1 is 1.32 bits per heavy atom. The minimum atomic E-state index is -0.177. The highest BCUT2D eigenvalue weighted by molar-refractivity contribution is 6.10. The molecule has 0 bridgehead atoms. The number of hydrogen-bond acceptors (Lipinski definition) is 3. The molecule has 0 aliphatic heterocycles. The van der Waals surface area contributed by atoms with Gasteiger partial charge < -0.3 is 5.11 Å². The summed E-state index contributed by atoms with van der Waals surface area (Å²) in [5, 5.41) is 10.0. The Balaban J connectivity index is 3.31. The predicted octanol–water partition coefficient (Wildman–Crippen LogP) is 3.30. The van der Waals surface area contributed by atoms with Gasteiger partial charge >= 0.3 is 0 Å². The van der Waals surface area contributed by atoms with Gasteiger partial charge in [-0.2, -0.15) is 0 Å². The van der Waals surface area contributed by atoms with Gasteiger partial charge in [0.25, 0.3) is 0 Å². The summed E-state index contributed by atoms with van der Waals surface area (Å²) in [5.41, 5.74) is 2.77. The number of ketones is 1. The zero-order valence-electron chi connectivity index (χ0n) is 12.3. The molecule has 0 aliphatic carbocycles. The van der Waals surface area contributed by atoms with Crippen molar-refractivity contribution in [1.29, 1.82) is 0 Å². The summed E-state index contributed by atoms with van der Waals surface area (Å²) < 4.78 is 0. The molecule has 0 atom stereocenters. The third-order valence-corrected chi connectivity index (χ3v) is 3.42. The maximum Gasteiger partial charge on any atom is 0.192 e. The highest BCUT2D eigenvalue weighted by atomic mass is 16.3. The zero-order chi connectivity index (χ0) is 14.6. The smallest absolute Gasteiger partial charge is 0.192 e. The molecule has 0 aromatic heterocycles. The second kappa shape index (κ2) is 6.53. The molecular weight excluding hydrogens is 238 g/mol. The monoisotopic (exact) mass is 261 g/mol. The molecule has 0 aliphatic rings. The number of aryl methyl sites for hydroxylation is 1. The summed E-state index contributed by atoms with van der Waals surface area (Å²) in [6, 6.07) is 3.43. The first-order chi connectivity index (χ1) is 8.92. The van der Waals surface area contributed by atoms with Crippen molar-refractivity contribution in [2.45, 2.75) is 34.2 Å². The quantitative estimate of drug-likeness (QED) is 0.631. The van der Waals surface area contributed by atoms with E-state index in [9.17, 15) is 9.90 Å². The Morgan fingerprint density at radius 2 is 1.89 bits per heavy atom. The van der Waals surface area contributed by atoms with Crippen molar-refractivity contribution in [2.75, 3.05) is 13.1 Å². The number of Topliss-reactive ketones (excluding diaryl/α,β-unsaturated/α-hetero) is 1. The lowest BCUT2D eigenvalue weighted by molar-refractivity contribution is 0.103. The van der Waals surface area contributed by atoms with Crippen molar-refractivity contribution in [3.63, 3.8) is 0 Å². The molecule has 0 unspecified atom stereocenters. The van der Waals surface area contributed by atoms with E-state index in [1.165, 1.54) is 0 Å². The van der Waals surface area contributed by atoms with Crippen LogP contribution < -0.4 is 0 Å². The number of phenols is 1. The van der Waals surface area contributed by atoms with Crippen LogP contribution >= 0.6 is 0 Å². The number of rotatable bonds is 6. The number of aromatic hydroxyl groups is 1. The number of hydrogen-bond donors (Lipinski definition) is 1. The molecule has 0 fully saturated rings. The second-order valence-electron chi connectivity index (χ2n) is 4.83. The Labute approximate surface area is 115 Å². The van der Waals surface area contributed by atoms with E-state index in [1.807, 2.05) is 13.0 Å². The summed E-state index contributed by atoms with van der Waals surface area (Å²) in [6.07, 6.45) is 0. The number of phenolic OH excluding ortho intramolecular Hbond substituents is 1. The van der Waals surface area contributed by atoms with Crippen molar-refractivity contribution in [2.24, 2.45) is 0 Å². The van der Waals surface area contributed by atoms with Gasteiger partial charge in [0.2, 0.25) is 0 Å². The van der Waals surface area contributed by atoms with Crippen LogP contribution in [0.2, 0.25) is 0 Å². The maximum absolute atomic E-state index is 12.2. The van der Waals surface area contributed by atoms with Crippen molar-refractivity contribution in [3.05, 3.63) is 41.0 Å². The third-order valence-electron chi connectivity index (χ3n) is 3.42. The van der Waals surface area contributed by atoms with E-state index >= 15 is 0 Å². The molecule has 0 heterocycles. The summed E-state index contributed by atoms with van der Waals surface area (Å²) >= 11 is 0. The van der Waals surface area contributed by atoms with Gasteiger partial charge in [0, 0.05) is 6.54 Å². The molecule has 19 heavy (non-hydrogen) atoms. The van der Waals surface area contributed by atoms with Gasteiger partial charge in [0.05, 0.1) is 5.56 Å². The van der Waals surface area contributed by atoms with Gasteiger partial charge in [-0.1, -0.05) is 26.5 Å². The normalized spacial score (nSPS) is 10.8. The average Bonchev–Trinajstić information content (AvgIpc) is 2.38. The largest absolute Gasteiger partial charge is 0.507 e. The summed E-state index contributed by atoms with van der Waals surface area (Å²) in [6.45, 7) is 14.0. The number of allylic oxidation sites excluding steroid dienone is 1. The second-order valence-corrected chi connectivity index (χ2v) is 4.83. The molecule has 0 saturated carbocycles. The minimum absolute atomic E-state index is 0.0424. The van der Waals surface area contributed by atoms with E-state index in [-0.39, 0.29) is 11.5 Å². The Hall–Kier alpha value is -1.61. The van der Waals surface area contributed by atoms with Gasteiger partial charge in [-0.3, -0.25) is 9.69 Å². The fourth-order valence-electron chi connectivity index (χ4n) is 2.08. The molecule has 3 heteroatoms. The van der Waals surface area contributed by atoms with Crippen molar-refractivity contribution in [1.82, 2.24) is 4.90 Å². The standard InChI is InChI=1S/C16H23NO2/c1-6-17(7-2)10-13-12(5)8-9-14(18)15(13)16(19)11(3)4/h8-9,18H,3,6-7,10H2,1-2,4-5H3. The molecule has 1 aromatic rings.